The fourth-order valence-electron chi connectivity index (χ4n) is 1.81. The van der Waals surface area contributed by atoms with E-state index >= 15 is 0 Å². The smallest absolute Gasteiger partial charge is 0.150 e. The van der Waals surface area contributed by atoms with Crippen LogP contribution in [0.4, 0.5) is 0 Å². The van der Waals surface area contributed by atoms with Crippen molar-refractivity contribution in [3.63, 3.8) is 0 Å². The summed E-state index contributed by atoms with van der Waals surface area (Å²) in [4.78, 5) is 14.8. The van der Waals surface area contributed by atoms with Crippen molar-refractivity contribution < 1.29 is 4.79 Å². The quantitative estimate of drug-likeness (QED) is 0.559. The van der Waals surface area contributed by atoms with Crippen molar-refractivity contribution in [2.75, 3.05) is 0 Å². The van der Waals surface area contributed by atoms with E-state index in [0.717, 1.165) is 22.8 Å². The maximum absolute atomic E-state index is 10.6. The number of nitrogens with zero attached hydrogens (tertiary/aromatic N) is 2. The van der Waals surface area contributed by atoms with Crippen LogP contribution in [0, 0.1) is 0 Å². The third-order valence-corrected chi connectivity index (χ3v) is 2.53. The number of rotatable bonds is 1. The van der Waals surface area contributed by atoms with E-state index in [-0.39, 0.29) is 0 Å². The molecule has 2 heterocycles. The van der Waals surface area contributed by atoms with Gasteiger partial charge in [0.2, 0.25) is 0 Å². The molecule has 3 nitrogen and oxygen atoms in total. The first-order chi connectivity index (χ1) is 7.38. The molecule has 0 amide bonds. The number of carbonyl (C=O) groups excluding carboxylic acids is 1. The van der Waals surface area contributed by atoms with E-state index in [0.29, 0.717) is 5.56 Å². The van der Waals surface area contributed by atoms with Gasteiger partial charge in [-0.05, 0) is 35.7 Å². The van der Waals surface area contributed by atoms with Gasteiger partial charge >= 0.3 is 0 Å². The molecule has 0 saturated carbocycles. The molecule has 0 aliphatic carbocycles. The highest BCUT2D eigenvalue weighted by Gasteiger charge is 2.00. The minimum Gasteiger partial charge on any atom is -0.300 e. The van der Waals surface area contributed by atoms with Gasteiger partial charge in [-0.2, -0.15) is 0 Å². The number of carbonyl (C=O) groups is 1. The van der Waals surface area contributed by atoms with Crippen LogP contribution in [0.5, 0.6) is 0 Å². The first kappa shape index (κ1) is 8.17. The van der Waals surface area contributed by atoms with E-state index in [1.165, 1.54) is 0 Å². The van der Waals surface area contributed by atoms with Crippen molar-refractivity contribution >= 4 is 22.8 Å². The van der Waals surface area contributed by atoms with Crippen molar-refractivity contribution in [2.24, 2.45) is 0 Å². The Labute approximate surface area is 86.0 Å². The normalized spacial score (nSPS) is 10.9. The summed E-state index contributed by atoms with van der Waals surface area (Å²) < 4.78 is 2.00. The Bertz CT molecular complexity index is 655. The maximum atomic E-state index is 10.6. The third-order valence-electron chi connectivity index (χ3n) is 2.53. The van der Waals surface area contributed by atoms with E-state index in [1.54, 1.807) is 6.20 Å². The second-order valence-corrected chi connectivity index (χ2v) is 3.42. The first-order valence-electron chi connectivity index (χ1n) is 4.69. The average molecular weight is 196 g/mol. The Morgan fingerprint density at radius 3 is 3.00 bits per heavy atom. The summed E-state index contributed by atoms with van der Waals surface area (Å²) in [5.74, 6) is 0. The lowest BCUT2D eigenvalue weighted by molar-refractivity contribution is 0.112. The molecule has 0 radical (unpaired) electrons. The van der Waals surface area contributed by atoms with Gasteiger partial charge in [0.1, 0.15) is 11.9 Å². The molecule has 0 bridgehead atoms. The standard InChI is InChI=1S/C12H8N2O/c15-8-9-1-3-11-10(7-9)2-4-12-13-5-6-14(11)12/h1-8H. The lowest BCUT2D eigenvalue weighted by atomic mass is 10.1. The zero-order valence-corrected chi connectivity index (χ0v) is 7.92. The number of imidazole rings is 1. The predicted molar refractivity (Wildman–Crippen MR) is 58.1 cm³/mol. The van der Waals surface area contributed by atoms with Crippen molar-refractivity contribution in [3.8, 4) is 0 Å². The molecule has 3 heteroatoms. The summed E-state index contributed by atoms with van der Waals surface area (Å²) in [5.41, 5.74) is 2.68. The Hall–Kier alpha value is -2.16. The number of fused-ring (bicyclic) bond motifs is 3. The van der Waals surface area contributed by atoms with E-state index in [2.05, 4.69) is 4.98 Å². The van der Waals surface area contributed by atoms with Gasteiger partial charge in [-0.25, -0.2) is 4.98 Å². The van der Waals surface area contributed by atoms with Crippen LogP contribution in [0.15, 0.2) is 42.7 Å². The molecule has 0 fully saturated rings. The molecule has 0 aliphatic heterocycles. The third kappa shape index (κ3) is 1.13. The Kier molecular flexibility index (Phi) is 1.59. The van der Waals surface area contributed by atoms with Crippen molar-refractivity contribution in [1.82, 2.24) is 9.38 Å². The molecular weight excluding hydrogens is 188 g/mol. The summed E-state index contributed by atoms with van der Waals surface area (Å²) >= 11 is 0. The molecule has 3 aromatic rings. The topological polar surface area (TPSA) is 34.4 Å². The molecule has 0 unspecified atom stereocenters. The van der Waals surface area contributed by atoms with Crippen LogP contribution in [0.3, 0.4) is 0 Å². The predicted octanol–water partition coefficient (Wildman–Crippen LogP) is 2.30. The van der Waals surface area contributed by atoms with Crippen molar-refractivity contribution in [2.45, 2.75) is 0 Å². The van der Waals surface area contributed by atoms with E-state index in [9.17, 15) is 4.79 Å². The molecule has 0 N–H and O–H groups in total. The molecule has 0 spiro atoms. The summed E-state index contributed by atoms with van der Waals surface area (Å²) in [6.07, 6.45) is 4.54. The Morgan fingerprint density at radius 1 is 1.20 bits per heavy atom. The molecule has 0 saturated heterocycles. The Balaban J connectivity index is 2.48. The average Bonchev–Trinajstić information content (AvgIpc) is 2.76. The fraction of sp³-hybridized carbons (Fsp3) is 0. The molecular formula is C12H8N2O. The number of hydrogen-bond donors (Lipinski definition) is 0. The van der Waals surface area contributed by atoms with Crippen LogP contribution in [0.25, 0.3) is 16.6 Å². The zero-order chi connectivity index (χ0) is 10.3. The highest BCUT2D eigenvalue weighted by atomic mass is 16.1. The summed E-state index contributed by atoms with van der Waals surface area (Å²) in [6, 6.07) is 9.55. The molecule has 0 atom stereocenters. The van der Waals surface area contributed by atoms with Gasteiger partial charge in [0.15, 0.2) is 0 Å². The SMILES string of the molecule is O=Cc1ccc2c(ccc3nccn32)c1. The second kappa shape index (κ2) is 2.92. The fourth-order valence-corrected chi connectivity index (χ4v) is 1.81. The van der Waals surface area contributed by atoms with Gasteiger partial charge in [0.25, 0.3) is 0 Å². The van der Waals surface area contributed by atoms with Crippen LogP contribution in [-0.2, 0) is 0 Å². The van der Waals surface area contributed by atoms with Crippen molar-refractivity contribution in [3.05, 3.63) is 48.3 Å². The summed E-state index contributed by atoms with van der Waals surface area (Å²) in [7, 11) is 0. The zero-order valence-electron chi connectivity index (χ0n) is 7.92. The van der Waals surface area contributed by atoms with Gasteiger partial charge in [-0.15, -0.1) is 0 Å². The number of pyridine rings is 1. The van der Waals surface area contributed by atoms with Crippen LogP contribution in [0.1, 0.15) is 10.4 Å². The van der Waals surface area contributed by atoms with Gasteiger partial charge in [-0.3, -0.25) is 9.20 Å². The lowest BCUT2D eigenvalue weighted by Gasteiger charge is -2.01. The van der Waals surface area contributed by atoms with Gasteiger partial charge < -0.3 is 0 Å². The molecule has 3 rings (SSSR count). The van der Waals surface area contributed by atoms with Gasteiger partial charge in [0.05, 0.1) is 5.52 Å². The van der Waals surface area contributed by atoms with Crippen LogP contribution in [0.2, 0.25) is 0 Å². The number of hydrogen-bond acceptors (Lipinski definition) is 2. The minimum absolute atomic E-state index is 0.696. The van der Waals surface area contributed by atoms with Gasteiger partial charge in [0, 0.05) is 18.0 Å². The lowest BCUT2D eigenvalue weighted by Crippen LogP contribution is -1.88. The summed E-state index contributed by atoms with van der Waals surface area (Å²) in [5, 5.41) is 1.05. The monoisotopic (exact) mass is 196 g/mol. The Morgan fingerprint density at radius 2 is 2.13 bits per heavy atom. The molecule has 15 heavy (non-hydrogen) atoms. The van der Waals surface area contributed by atoms with E-state index in [4.69, 9.17) is 0 Å². The number of benzene rings is 1. The van der Waals surface area contributed by atoms with Gasteiger partial charge in [-0.1, -0.05) is 0 Å². The molecule has 0 aliphatic rings. The van der Waals surface area contributed by atoms with E-state index in [1.807, 2.05) is 40.9 Å². The first-order valence-corrected chi connectivity index (χ1v) is 4.69. The molecule has 72 valence electrons. The largest absolute Gasteiger partial charge is 0.300 e. The molecule has 2 aromatic heterocycles. The second-order valence-electron chi connectivity index (χ2n) is 3.42. The highest BCUT2D eigenvalue weighted by molar-refractivity contribution is 5.88. The van der Waals surface area contributed by atoms with Crippen LogP contribution in [-0.4, -0.2) is 15.7 Å². The highest BCUT2D eigenvalue weighted by Crippen LogP contribution is 2.17. The van der Waals surface area contributed by atoms with Crippen molar-refractivity contribution in [1.29, 1.82) is 0 Å². The maximum Gasteiger partial charge on any atom is 0.150 e. The molecule has 1 aromatic carbocycles. The number of aromatic nitrogens is 2. The summed E-state index contributed by atoms with van der Waals surface area (Å²) in [6.45, 7) is 0. The van der Waals surface area contributed by atoms with Crippen LogP contribution >= 0.6 is 0 Å². The minimum atomic E-state index is 0.696. The number of aldehydes is 1. The van der Waals surface area contributed by atoms with Crippen LogP contribution < -0.4 is 0 Å². The van der Waals surface area contributed by atoms with E-state index < -0.39 is 0 Å².